The molecular formula is C97H58N8S6. The molecule has 0 aliphatic rings. The van der Waals surface area contributed by atoms with Crippen molar-refractivity contribution in [2.75, 3.05) is 0 Å². The fraction of sp³-hybridized carbons (Fsp3) is 0.0103. The van der Waals surface area contributed by atoms with Gasteiger partial charge in [0.15, 0.2) is 0 Å². The zero-order chi connectivity index (χ0) is 73.4. The van der Waals surface area contributed by atoms with Gasteiger partial charge in [-0.05, 0) is 234 Å². The lowest BCUT2D eigenvalue weighted by atomic mass is 9.94. The van der Waals surface area contributed by atoms with Gasteiger partial charge in [-0.1, -0.05) is 140 Å². The van der Waals surface area contributed by atoms with Gasteiger partial charge in [0.2, 0.25) is 0 Å². The topological polar surface area (TPSA) is 87.2 Å². The molecule has 0 aliphatic heterocycles. The van der Waals surface area contributed by atoms with Gasteiger partial charge in [0.25, 0.3) is 0 Å². The number of aryl methyl sites for hydroxylation is 1. The number of para-hydroxylation sites is 2. The van der Waals surface area contributed by atoms with Crippen LogP contribution in [0.15, 0.2) is 322 Å². The Morgan fingerprint density at radius 3 is 1.15 bits per heavy atom. The van der Waals surface area contributed by atoms with Gasteiger partial charge in [0, 0.05) is 76.7 Å². The maximum atomic E-state index is 5.59. The first-order valence-electron chi connectivity index (χ1n) is 36.6. The molecule has 0 amide bonds. The average molecular weight is 1530 g/mol. The van der Waals surface area contributed by atoms with Crippen LogP contribution >= 0.6 is 68.0 Å². The van der Waals surface area contributed by atoms with Crippen LogP contribution in [-0.4, -0.2) is 39.0 Å². The Labute approximate surface area is 661 Å². The molecule has 0 bridgehead atoms. The molecular weight excluding hydrogens is 1470 g/mol. The second kappa shape index (κ2) is 26.5. The van der Waals surface area contributed by atoms with E-state index in [1.807, 2.05) is 12.2 Å². The zero-order valence-electron chi connectivity index (χ0n) is 59.3. The summed E-state index contributed by atoms with van der Waals surface area (Å²) >= 11 is 10.4. The van der Waals surface area contributed by atoms with E-state index in [0.29, 0.717) is 0 Å². The van der Waals surface area contributed by atoms with E-state index in [2.05, 4.69) is 326 Å². The Morgan fingerprint density at radius 2 is 0.658 bits per heavy atom. The fourth-order valence-corrected chi connectivity index (χ4v) is 21.6. The molecule has 8 nitrogen and oxygen atoms in total. The van der Waals surface area contributed by atoms with Gasteiger partial charge in [-0.25, -0.2) is 29.9 Å². The number of nitrogens with zero attached hydrogens (tertiary/aromatic N) is 8. The van der Waals surface area contributed by atoms with Crippen LogP contribution in [0.1, 0.15) is 10.6 Å². The molecule has 0 radical (unpaired) electrons. The van der Waals surface area contributed by atoms with Crippen molar-refractivity contribution in [2.45, 2.75) is 6.92 Å². The number of fused-ring (bicyclic) bond motifs is 11. The third-order valence-electron chi connectivity index (χ3n) is 21.1. The molecule has 8 heterocycles. The van der Waals surface area contributed by atoms with E-state index in [4.69, 9.17) is 29.9 Å². The molecule has 22 rings (SSSR count). The summed E-state index contributed by atoms with van der Waals surface area (Å²) in [6, 6.07) is 110. The highest BCUT2D eigenvalue weighted by Crippen LogP contribution is 2.48. The molecule has 0 saturated carbocycles. The summed E-state index contributed by atoms with van der Waals surface area (Å²) < 4.78 is 10.5. The smallest absolute Gasteiger partial charge is 0.124 e. The van der Waals surface area contributed by atoms with E-state index < -0.39 is 0 Å². The lowest BCUT2D eigenvalue weighted by molar-refractivity contribution is 1.18. The number of allylic oxidation sites excluding steroid dienone is 2. The van der Waals surface area contributed by atoms with Gasteiger partial charge in [0.05, 0.1) is 78.8 Å². The predicted molar refractivity (Wildman–Crippen MR) is 475 cm³/mol. The standard InChI is InChI=1S/C97H58N8S6/c1-3-4-24-77-56(2)106-92(98-77)60-29-38-68(39-30-60)104-84-44-35-64(48-74(84)75-49-65(36-45-85(75)104)96-102-81-54-70(57-18-8-5-9-19-57)71(55-90(81)110-96)58-20-10-6-11-21-58)95-101-80-42-33-62(53-89(80)109-95)67-51-72(59-22-12-7-13-23-59)91-82(52-67)103-97(111-91)66-37-46-86-76(50-66)73-47-63(94-100-79-26-15-17-28-88(79)108-94)34-43-83(73)105(86)69-40-31-61(32-41-69)93-99-78-25-14-16-27-87(78)107-93/h3-55H,1H2,2H3/b24-4-. The number of rotatable bonds is 14. The fourth-order valence-electron chi connectivity index (χ4n) is 15.7. The maximum absolute atomic E-state index is 5.59. The van der Waals surface area contributed by atoms with Crippen LogP contribution in [0.4, 0.5) is 0 Å². The van der Waals surface area contributed by atoms with Gasteiger partial charge >= 0.3 is 0 Å². The number of hydrogen-bond donors (Lipinski definition) is 0. The lowest BCUT2D eigenvalue weighted by Gasteiger charge is -2.10. The highest BCUT2D eigenvalue weighted by molar-refractivity contribution is 7.23. The minimum absolute atomic E-state index is 0.954. The van der Waals surface area contributed by atoms with Crippen molar-refractivity contribution in [3.8, 4) is 119 Å². The third kappa shape index (κ3) is 11.4. The van der Waals surface area contributed by atoms with Crippen LogP contribution in [0.3, 0.4) is 0 Å². The summed E-state index contributed by atoms with van der Waals surface area (Å²) in [5.74, 6) is 0. The van der Waals surface area contributed by atoms with Crippen molar-refractivity contribution < 1.29 is 0 Å². The molecule has 14 aromatic carbocycles. The van der Waals surface area contributed by atoms with Crippen LogP contribution in [-0.2, 0) is 0 Å². The van der Waals surface area contributed by atoms with Gasteiger partial charge in [-0.2, -0.15) is 0 Å². The summed E-state index contributed by atoms with van der Waals surface area (Å²) in [7, 11) is 0. The molecule has 0 fully saturated rings. The van der Waals surface area contributed by atoms with E-state index in [-0.39, 0.29) is 0 Å². The van der Waals surface area contributed by atoms with E-state index in [9.17, 15) is 0 Å². The quantitative estimate of drug-likeness (QED) is 0.101. The van der Waals surface area contributed by atoms with Crippen LogP contribution in [0.25, 0.3) is 220 Å². The van der Waals surface area contributed by atoms with Crippen LogP contribution in [0, 0.1) is 6.92 Å². The number of benzene rings is 14. The van der Waals surface area contributed by atoms with E-state index in [0.717, 1.165) is 199 Å². The van der Waals surface area contributed by atoms with Crippen LogP contribution in [0.5, 0.6) is 0 Å². The average Bonchev–Trinajstić information content (AvgIpc) is 1.59. The number of aromatic nitrogens is 8. The summed E-state index contributed by atoms with van der Waals surface area (Å²) in [6.07, 6.45) is 5.76. The van der Waals surface area contributed by atoms with Crippen molar-refractivity contribution in [3.63, 3.8) is 0 Å². The van der Waals surface area contributed by atoms with Crippen LogP contribution in [0.2, 0.25) is 0 Å². The predicted octanol–water partition coefficient (Wildman–Crippen LogP) is 28.6. The number of hydrogen-bond acceptors (Lipinski definition) is 12. The highest BCUT2D eigenvalue weighted by atomic mass is 32.1. The van der Waals surface area contributed by atoms with Crippen molar-refractivity contribution in [3.05, 3.63) is 333 Å². The van der Waals surface area contributed by atoms with Gasteiger partial charge in [-0.15, -0.1) is 68.0 Å². The third-order valence-corrected chi connectivity index (χ3v) is 27.6. The molecule has 0 spiro atoms. The van der Waals surface area contributed by atoms with Crippen LogP contribution < -0.4 is 0 Å². The first kappa shape index (κ1) is 65.3. The molecule has 0 saturated heterocycles. The van der Waals surface area contributed by atoms with Gasteiger partial charge in [-0.3, -0.25) is 0 Å². The molecule has 0 unspecified atom stereocenters. The van der Waals surface area contributed by atoms with Crippen molar-refractivity contribution in [2.24, 2.45) is 0 Å². The molecule has 522 valence electrons. The Hall–Kier alpha value is -12.8. The zero-order valence-corrected chi connectivity index (χ0v) is 64.2. The summed E-state index contributed by atoms with van der Waals surface area (Å²) in [4.78, 5) is 32.7. The largest absolute Gasteiger partial charge is 0.309 e. The Kier molecular flexibility index (Phi) is 15.6. The molecule has 22 aromatic rings. The molecule has 0 aliphatic carbocycles. The minimum Gasteiger partial charge on any atom is -0.309 e. The maximum Gasteiger partial charge on any atom is 0.124 e. The summed E-state index contributed by atoms with van der Waals surface area (Å²) in [5.41, 5.74) is 28.1. The molecule has 8 aromatic heterocycles. The van der Waals surface area contributed by atoms with E-state index in [1.165, 1.54) is 25.4 Å². The molecule has 0 N–H and O–H groups in total. The highest BCUT2D eigenvalue weighted by Gasteiger charge is 2.24. The SMILES string of the molecule is C=C/C=C\c1nc(-c2ccc(-n3c4ccc(-c5nc6ccc(-c7cc(-c8ccccc8)c8sc(-c9ccc%10c(c9)c9cc(-c%11nc%12ccccc%12s%11)ccc9n%10-c9ccc(-c%10nc%11ccccc%11s%10)cc9)nc8c7)cc6s5)cc4c4cc(-c5nc6cc(-c7ccccc7)c(-c7ccccc7)cc6s5)ccc43)cc2)sc1C. The Balaban J connectivity index is 0.637. The first-order chi connectivity index (χ1) is 54.8. The van der Waals surface area contributed by atoms with Gasteiger partial charge in [0.1, 0.15) is 30.0 Å². The van der Waals surface area contributed by atoms with E-state index in [1.54, 1.807) is 74.1 Å². The monoisotopic (exact) mass is 1530 g/mol. The number of thiazole rings is 6. The Bertz CT molecular complexity index is 7390. The summed E-state index contributed by atoms with van der Waals surface area (Å²) in [5, 5.41) is 10.5. The van der Waals surface area contributed by atoms with E-state index >= 15 is 0 Å². The second-order valence-electron chi connectivity index (χ2n) is 27.8. The van der Waals surface area contributed by atoms with Crippen molar-refractivity contribution in [1.29, 1.82) is 0 Å². The lowest BCUT2D eigenvalue weighted by Crippen LogP contribution is -1.94. The molecule has 14 heteroatoms. The minimum atomic E-state index is 0.954. The van der Waals surface area contributed by atoms with Gasteiger partial charge < -0.3 is 9.13 Å². The molecule has 111 heavy (non-hydrogen) atoms. The Morgan fingerprint density at radius 1 is 0.270 bits per heavy atom. The molecule has 0 atom stereocenters. The second-order valence-corrected chi connectivity index (χ2v) is 34.1. The summed E-state index contributed by atoms with van der Waals surface area (Å²) in [6.45, 7) is 6.00. The normalized spacial score (nSPS) is 12.0. The van der Waals surface area contributed by atoms with Crippen molar-refractivity contribution in [1.82, 2.24) is 39.0 Å². The van der Waals surface area contributed by atoms with Crippen molar-refractivity contribution >= 4 is 169 Å². The first-order valence-corrected chi connectivity index (χ1v) is 41.5.